The lowest BCUT2D eigenvalue weighted by Crippen LogP contribution is -2.36. The molecular weight excluding hydrogens is 198 g/mol. The van der Waals surface area contributed by atoms with Crippen LogP contribution in [-0.2, 0) is 6.42 Å². The Morgan fingerprint density at radius 1 is 1.38 bits per heavy atom. The molecule has 0 radical (unpaired) electrons. The second kappa shape index (κ2) is 7.36. The molecule has 3 nitrogen and oxygen atoms in total. The van der Waals surface area contributed by atoms with E-state index < -0.39 is 0 Å². The number of nitrogens with two attached hydrogens (primary N) is 1. The van der Waals surface area contributed by atoms with E-state index in [9.17, 15) is 0 Å². The summed E-state index contributed by atoms with van der Waals surface area (Å²) in [5, 5.41) is 0. The van der Waals surface area contributed by atoms with E-state index >= 15 is 0 Å². The molecule has 2 unspecified atom stereocenters. The molecule has 0 saturated heterocycles. The normalized spacial score (nSPS) is 14.7. The van der Waals surface area contributed by atoms with Crippen molar-refractivity contribution in [2.75, 3.05) is 0 Å². The quantitative estimate of drug-likeness (QED) is 0.548. The Hall–Kier alpha value is -0.930. The lowest BCUT2D eigenvalue weighted by molar-refractivity contribution is 0.381. The van der Waals surface area contributed by atoms with Gasteiger partial charge < -0.3 is 0 Å². The van der Waals surface area contributed by atoms with Gasteiger partial charge in [0.05, 0.1) is 0 Å². The summed E-state index contributed by atoms with van der Waals surface area (Å²) < 4.78 is 0. The smallest absolute Gasteiger partial charge is 0.0270 e. The van der Waals surface area contributed by atoms with Crippen molar-refractivity contribution in [3.8, 4) is 0 Å². The van der Waals surface area contributed by atoms with E-state index in [4.69, 9.17) is 5.84 Å². The fourth-order valence-corrected chi connectivity index (χ4v) is 1.81. The summed E-state index contributed by atoms with van der Waals surface area (Å²) in [6.07, 6.45) is 8.20. The molecule has 0 aliphatic carbocycles. The summed E-state index contributed by atoms with van der Waals surface area (Å²) in [5.74, 6) is 6.31. The van der Waals surface area contributed by atoms with Crippen LogP contribution in [0.4, 0.5) is 0 Å². The van der Waals surface area contributed by atoms with Crippen molar-refractivity contribution < 1.29 is 0 Å². The fraction of sp³-hybridized carbons (Fsp3) is 0.615. The number of hydrogen-bond acceptors (Lipinski definition) is 3. The van der Waals surface area contributed by atoms with E-state index in [2.05, 4.69) is 36.4 Å². The number of aryl methyl sites for hydroxylation is 1. The highest BCUT2D eigenvalue weighted by Crippen LogP contribution is 2.13. The van der Waals surface area contributed by atoms with Crippen molar-refractivity contribution in [1.29, 1.82) is 0 Å². The van der Waals surface area contributed by atoms with Crippen LogP contribution >= 0.6 is 0 Å². The van der Waals surface area contributed by atoms with Crippen LogP contribution < -0.4 is 11.3 Å². The summed E-state index contributed by atoms with van der Waals surface area (Å²) in [7, 11) is 0. The van der Waals surface area contributed by atoms with Gasteiger partial charge >= 0.3 is 0 Å². The number of hydrogen-bond donors (Lipinski definition) is 2. The van der Waals surface area contributed by atoms with E-state index in [0.29, 0.717) is 6.04 Å². The molecule has 2 atom stereocenters. The summed E-state index contributed by atoms with van der Waals surface area (Å²) in [6.45, 7) is 4.50. The minimum absolute atomic E-state index is 0.420. The average molecular weight is 221 g/mol. The molecule has 16 heavy (non-hydrogen) atoms. The molecule has 90 valence electrons. The molecule has 0 bridgehead atoms. The second-order valence-electron chi connectivity index (χ2n) is 4.51. The maximum atomic E-state index is 5.58. The molecule has 0 amide bonds. The Bertz CT molecular complexity index is 274. The molecule has 0 fully saturated rings. The van der Waals surface area contributed by atoms with Gasteiger partial charge in [0.2, 0.25) is 0 Å². The third-order valence-corrected chi connectivity index (χ3v) is 3.15. The minimum Gasteiger partial charge on any atom is -0.271 e. The standard InChI is InChI=1S/C13H23N3/c1-3-11(2)10-13(16-14)5-4-12-6-8-15-9-7-12/h6-9,11,13,16H,3-5,10,14H2,1-2H3. The highest BCUT2D eigenvalue weighted by Gasteiger charge is 2.10. The van der Waals surface area contributed by atoms with Crippen LogP contribution in [0, 0.1) is 5.92 Å². The molecule has 3 heteroatoms. The van der Waals surface area contributed by atoms with Crippen LogP contribution in [0.15, 0.2) is 24.5 Å². The predicted molar refractivity (Wildman–Crippen MR) is 67.7 cm³/mol. The molecule has 1 aromatic rings. The maximum Gasteiger partial charge on any atom is 0.0270 e. The number of hydrazine groups is 1. The first kappa shape index (κ1) is 13.1. The van der Waals surface area contributed by atoms with Gasteiger partial charge in [0.15, 0.2) is 0 Å². The zero-order valence-corrected chi connectivity index (χ0v) is 10.3. The van der Waals surface area contributed by atoms with Crippen LogP contribution in [0.3, 0.4) is 0 Å². The lowest BCUT2D eigenvalue weighted by Gasteiger charge is -2.19. The van der Waals surface area contributed by atoms with Crippen LogP contribution in [0.5, 0.6) is 0 Å². The molecule has 1 aromatic heterocycles. The Kier molecular flexibility index (Phi) is 6.04. The Labute approximate surface area is 98.4 Å². The van der Waals surface area contributed by atoms with Crippen LogP contribution in [0.2, 0.25) is 0 Å². The van der Waals surface area contributed by atoms with Gasteiger partial charge in [-0.3, -0.25) is 16.3 Å². The van der Waals surface area contributed by atoms with E-state index in [0.717, 1.165) is 25.2 Å². The number of rotatable bonds is 7. The van der Waals surface area contributed by atoms with Crippen molar-refractivity contribution >= 4 is 0 Å². The first-order chi connectivity index (χ1) is 7.76. The highest BCUT2D eigenvalue weighted by molar-refractivity contribution is 5.09. The zero-order chi connectivity index (χ0) is 11.8. The zero-order valence-electron chi connectivity index (χ0n) is 10.3. The average Bonchev–Trinajstić information content (AvgIpc) is 2.35. The van der Waals surface area contributed by atoms with Gasteiger partial charge in [0.25, 0.3) is 0 Å². The molecule has 0 aliphatic heterocycles. The summed E-state index contributed by atoms with van der Waals surface area (Å²) in [6, 6.07) is 4.55. The Balaban J connectivity index is 2.34. The number of pyridine rings is 1. The van der Waals surface area contributed by atoms with Gasteiger partial charge in [-0.2, -0.15) is 0 Å². The largest absolute Gasteiger partial charge is 0.271 e. The van der Waals surface area contributed by atoms with Gasteiger partial charge in [-0.15, -0.1) is 0 Å². The minimum atomic E-state index is 0.420. The van der Waals surface area contributed by atoms with Crippen LogP contribution in [0.25, 0.3) is 0 Å². The molecule has 0 spiro atoms. The first-order valence-electron chi connectivity index (χ1n) is 6.11. The number of aromatic nitrogens is 1. The summed E-state index contributed by atoms with van der Waals surface area (Å²) >= 11 is 0. The lowest BCUT2D eigenvalue weighted by atomic mass is 9.95. The third-order valence-electron chi connectivity index (χ3n) is 3.15. The molecule has 3 N–H and O–H groups in total. The SMILES string of the molecule is CCC(C)CC(CCc1ccncc1)NN. The van der Waals surface area contributed by atoms with E-state index in [1.807, 2.05) is 12.4 Å². The van der Waals surface area contributed by atoms with Crippen LogP contribution in [-0.4, -0.2) is 11.0 Å². The number of nitrogens with one attached hydrogen (secondary N) is 1. The van der Waals surface area contributed by atoms with Gasteiger partial charge in [-0.25, -0.2) is 0 Å². The van der Waals surface area contributed by atoms with Gasteiger partial charge in [0, 0.05) is 18.4 Å². The molecule has 0 saturated carbocycles. The Morgan fingerprint density at radius 3 is 2.62 bits per heavy atom. The van der Waals surface area contributed by atoms with Crippen molar-refractivity contribution in [2.45, 2.75) is 45.6 Å². The summed E-state index contributed by atoms with van der Waals surface area (Å²) in [4.78, 5) is 4.01. The predicted octanol–water partition coefficient (Wildman–Crippen LogP) is 2.28. The Morgan fingerprint density at radius 2 is 2.06 bits per heavy atom. The van der Waals surface area contributed by atoms with Crippen molar-refractivity contribution in [1.82, 2.24) is 10.4 Å². The van der Waals surface area contributed by atoms with Crippen molar-refractivity contribution in [2.24, 2.45) is 11.8 Å². The first-order valence-corrected chi connectivity index (χ1v) is 6.11. The molecule has 1 rings (SSSR count). The van der Waals surface area contributed by atoms with E-state index in [1.54, 1.807) is 0 Å². The van der Waals surface area contributed by atoms with E-state index in [1.165, 1.54) is 12.0 Å². The number of nitrogens with zero attached hydrogens (tertiary/aromatic N) is 1. The van der Waals surface area contributed by atoms with Crippen molar-refractivity contribution in [3.05, 3.63) is 30.1 Å². The molecular formula is C13H23N3. The highest BCUT2D eigenvalue weighted by atomic mass is 15.2. The second-order valence-corrected chi connectivity index (χ2v) is 4.51. The summed E-state index contributed by atoms with van der Waals surface area (Å²) in [5.41, 5.74) is 4.25. The van der Waals surface area contributed by atoms with E-state index in [-0.39, 0.29) is 0 Å². The molecule has 0 aliphatic rings. The molecule has 1 heterocycles. The van der Waals surface area contributed by atoms with Crippen LogP contribution in [0.1, 0.15) is 38.7 Å². The van der Waals surface area contributed by atoms with Crippen molar-refractivity contribution in [3.63, 3.8) is 0 Å². The monoisotopic (exact) mass is 221 g/mol. The van der Waals surface area contributed by atoms with Gasteiger partial charge in [-0.05, 0) is 42.9 Å². The molecule has 0 aromatic carbocycles. The topological polar surface area (TPSA) is 50.9 Å². The maximum absolute atomic E-state index is 5.58. The van der Waals surface area contributed by atoms with Gasteiger partial charge in [0.1, 0.15) is 0 Å². The fourth-order valence-electron chi connectivity index (χ4n) is 1.81. The third kappa shape index (κ3) is 4.73. The van der Waals surface area contributed by atoms with Gasteiger partial charge in [-0.1, -0.05) is 20.3 Å².